The van der Waals surface area contributed by atoms with Crippen molar-refractivity contribution in [1.29, 1.82) is 0 Å². The number of aliphatic carboxylic acids is 1. The van der Waals surface area contributed by atoms with Crippen LogP contribution in [0.4, 0.5) is 0 Å². The fourth-order valence-electron chi connectivity index (χ4n) is 2.43. The van der Waals surface area contributed by atoms with Crippen LogP contribution >= 0.6 is 0 Å². The molecule has 0 aromatic heterocycles. The lowest BCUT2D eigenvalue weighted by molar-refractivity contribution is -0.145. The van der Waals surface area contributed by atoms with E-state index in [1.165, 1.54) is 0 Å². The Labute approximate surface area is 69.7 Å². The number of hydrogen-bond donors (Lipinski definition) is 2. The molecule has 4 heteroatoms. The first-order valence-electron chi connectivity index (χ1n) is 4.11. The summed E-state index contributed by atoms with van der Waals surface area (Å²) in [6.07, 6.45) is 1.78. The Bertz CT molecular complexity index is 263. The molecule has 2 fully saturated rings. The second kappa shape index (κ2) is 2.07. The van der Waals surface area contributed by atoms with Crippen molar-refractivity contribution in [1.82, 2.24) is 0 Å². The molecule has 0 heterocycles. The van der Waals surface area contributed by atoms with Crippen molar-refractivity contribution in [2.75, 3.05) is 0 Å². The van der Waals surface area contributed by atoms with Crippen LogP contribution in [-0.2, 0) is 9.59 Å². The molecule has 2 rings (SSSR count). The Hall–Kier alpha value is -0.900. The van der Waals surface area contributed by atoms with Crippen LogP contribution in [0.2, 0.25) is 0 Å². The fraction of sp³-hybridized carbons (Fsp3) is 0.750. The van der Waals surface area contributed by atoms with Crippen LogP contribution < -0.4 is 5.73 Å². The first kappa shape index (κ1) is 7.73. The molecular weight excluding hydrogens is 158 g/mol. The average molecular weight is 169 g/mol. The van der Waals surface area contributed by atoms with Gasteiger partial charge in [-0.05, 0) is 19.3 Å². The number of rotatable bonds is 1. The molecule has 0 spiro atoms. The maximum absolute atomic E-state index is 11.4. The van der Waals surface area contributed by atoms with Crippen molar-refractivity contribution in [3.63, 3.8) is 0 Å². The van der Waals surface area contributed by atoms with Crippen LogP contribution in [0.1, 0.15) is 19.3 Å². The summed E-state index contributed by atoms with van der Waals surface area (Å²) < 4.78 is 0. The van der Waals surface area contributed by atoms with Crippen LogP contribution in [0.5, 0.6) is 0 Å². The van der Waals surface area contributed by atoms with Gasteiger partial charge in [0.2, 0.25) is 0 Å². The van der Waals surface area contributed by atoms with Crippen molar-refractivity contribution in [2.24, 2.45) is 17.6 Å². The summed E-state index contributed by atoms with van der Waals surface area (Å²) >= 11 is 0. The topological polar surface area (TPSA) is 80.4 Å². The van der Waals surface area contributed by atoms with Gasteiger partial charge >= 0.3 is 5.97 Å². The molecule has 0 aromatic carbocycles. The van der Waals surface area contributed by atoms with Gasteiger partial charge in [0.05, 0.1) is 11.5 Å². The molecule has 2 aliphatic rings. The molecule has 4 nitrogen and oxygen atoms in total. The van der Waals surface area contributed by atoms with Crippen LogP contribution in [0.25, 0.3) is 0 Å². The predicted molar refractivity (Wildman–Crippen MR) is 40.4 cm³/mol. The predicted octanol–water partition coefficient (Wildman–Crippen LogP) is -0.233. The quantitative estimate of drug-likeness (QED) is 0.568. The van der Waals surface area contributed by atoms with E-state index in [1.807, 2.05) is 0 Å². The lowest BCUT2D eigenvalue weighted by Gasteiger charge is -2.25. The largest absolute Gasteiger partial charge is 0.481 e. The van der Waals surface area contributed by atoms with E-state index < -0.39 is 17.4 Å². The molecule has 0 radical (unpaired) electrons. The highest BCUT2D eigenvalue weighted by Gasteiger charge is 2.59. The average Bonchev–Trinajstić information content (AvgIpc) is 2.40. The zero-order valence-corrected chi connectivity index (χ0v) is 6.62. The fourth-order valence-corrected chi connectivity index (χ4v) is 2.43. The second-order valence-electron chi connectivity index (χ2n) is 3.77. The lowest BCUT2D eigenvalue weighted by Crippen LogP contribution is -2.50. The molecule has 2 bridgehead atoms. The minimum absolute atomic E-state index is 0.0325. The van der Waals surface area contributed by atoms with Gasteiger partial charge in [-0.1, -0.05) is 0 Å². The van der Waals surface area contributed by atoms with Crippen LogP contribution in [0.15, 0.2) is 0 Å². The molecule has 2 saturated carbocycles. The maximum atomic E-state index is 11.4. The molecule has 0 saturated heterocycles. The van der Waals surface area contributed by atoms with Crippen molar-refractivity contribution in [3.8, 4) is 0 Å². The number of fused-ring (bicyclic) bond motifs is 2. The van der Waals surface area contributed by atoms with Gasteiger partial charge in [-0.3, -0.25) is 9.59 Å². The molecule has 12 heavy (non-hydrogen) atoms. The van der Waals surface area contributed by atoms with E-state index in [9.17, 15) is 9.59 Å². The number of Topliss-reactive ketones (excluding diaryl/α,β-unsaturated/α-hetero) is 1. The Morgan fingerprint density at radius 1 is 1.67 bits per heavy atom. The van der Waals surface area contributed by atoms with Gasteiger partial charge in [-0.25, -0.2) is 0 Å². The third kappa shape index (κ3) is 0.705. The zero-order chi connectivity index (χ0) is 8.93. The summed E-state index contributed by atoms with van der Waals surface area (Å²) in [5, 5.41) is 8.79. The summed E-state index contributed by atoms with van der Waals surface area (Å²) in [5.74, 6) is -1.66. The first-order chi connectivity index (χ1) is 5.55. The Morgan fingerprint density at radius 3 is 2.58 bits per heavy atom. The normalized spacial score (nSPS) is 45.2. The summed E-state index contributed by atoms with van der Waals surface area (Å²) in [6.45, 7) is 0. The Balaban J connectivity index is 2.34. The molecule has 0 aliphatic heterocycles. The smallest absolute Gasteiger partial charge is 0.308 e. The second-order valence-corrected chi connectivity index (χ2v) is 3.77. The third-order valence-electron chi connectivity index (χ3n) is 3.18. The first-order valence-corrected chi connectivity index (χ1v) is 4.11. The number of carboxylic acids is 1. The van der Waals surface area contributed by atoms with Crippen LogP contribution in [-0.4, -0.2) is 22.4 Å². The molecule has 3 N–H and O–H groups in total. The van der Waals surface area contributed by atoms with E-state index in [0.717, 1.165) is 6.42 Å². The molecule has 2 aliphatic carbocycles. The zero-order valence-electron chi connectivity index (χ0n) is 6.62. The molecule has 3 atom stereocenters. The maximum Gasteiger partial charge on any atom is 0.308 e. The van der Waals surface area contributed by atoms with Crippen molar-refractivity contribution < 1.29 is 14.7 Å². The van der Waals surface area contributed by atoms with E-state index in [1.54, 1.807) is 0 Å². The van der Waals surface area contributed by atoms with Crippen LogP contribution in [0.3, 0.4) is 0 Å². The Morgan fingerprint density at radius 2 is 2.33 bits per heavy atom. The van der Waals surface area contributed by atoms with Gasteiger partial charge in [0.15, 0.2) is 5.78 Å². The number of carbonyl (C=O) groups is 2. The van der Waals surface area contributed by atoms with Gasteiger partial charge < -0.3 is 10.8 Å². The van der Waals surface area contributed by atoms with Crippen molar-refractivity contribution in [3.05, 3.63) is 0 Å². The van der Waals surface area contributed by atoms with Gasteiger partial charge in [0.1, 0.15) is 0 Å². The lowest BCUT2D eigenvalue weighted by atomic mass is 9.83. The van der Waals surface area contributed by atoms with Gasteiger partial charge in [-0.15, -0.1) is 0 Å². The summed E-state index contributed by atoms with van der Waals surface area (Å²) in [4.78, 5) is 22.1. The summed E-state index contributed by atoms with van der Waals surface area (Å²) in [6, 6.07) is 0. The number of hydrogen-bond acceptors (Lipinski definition) is 3. The number of carboxylic acid groups (broad SMARTS) is 1. The number of ketones is 1. The van der Waals surface area contributed by atoms with Crippen molar-refractivity contribution >= 4 is 11.8 Å². The van der Waals surface area contributed by atoms with Crippen molar-refractivity contribution in [2.45, 2.75) is 24.8 Å². The third-order valence-corrected chi connectivity index (χ3v) is 3.18. The van der Waals surface area contributed by atoms with E-state index in [2.05, 4.69) is 0 Å². The minimum atomic E-state index is -1.03. The van der Waals surface area contributed by atoms with Gasteiger partial charge in [0.25, 0.3) is 0 Å². The minimum Gasteiger partial charge on any atom is -0.481 e. The van der Waals surface area contributed by atoms with E-state index >= 15 is 0 Å². The van der Waals surface area contributed by atoms with Gasteiger partial charge in [0, 0.05) is 5.92 Å². The monoisotopic (exact) mass is 169 g/mol. The van der Waals surface area contributed by atoms with E-state index in [-0.39, 0.29) is 11.7 Å². The molecule has 3 unspecified atom stereocenters. The molecule has 0 amide bonds. The standard InChI is InChI=1S/C8H11NO3/c9-8-2-1-4(6(8)10)3-5(8)7(11)12/h4-5H,1-3,9H2,(H,11,12). The molecule has 0 aromatic rings. The summed E-state index contributed by atoms with van der Waals surface area (Å²) in [7, 11) is 0. The SMILES string of the molecule is NC12CCC(CC1C(=O)O)C2=O. The number of carbonyl (C=O) groups excluding carboxylic acids is 1. The number of nitrogens with two attached hydrogens (primary N) is 1. The molecule has 66 valence electrons. The van der Waals surface area contributed by atoms with Crippen LogP contribution in [0, 0.1) is 11.8 Å². The van der Waals surface area contributed by atoms with E-state index in [4.69, 9.17) is 10.8 Å². The highest BCUT2D eigenvalue weighted by Crippen LogP contribution is 2.47. The van der Waals surface area contributed by atoms with E-state index in [0.29, 0.717) is 12.8 Å². The highest BCUT2D eigenvalue weighted by molar-refractivity contribution is 5.99. The van der Waals surface area contributed by atoms with Gasteiger partial charge in [-0.2, -0.15) is 0 Å². The highest BCUT2D eigenvalue weighted by atomic mass is 16.4. The summed E-state index contributed by atoms with van der Waals surface area (Å²) in [5.41, 5.74) is 4.73. The molecular formula is C8H11NO3. The Kier molecular flexibility index (Phi) is 1.33.